The van der Waals surface area contributed by atoms with E-state index >= 15 is 0 Å². The summed E-state index contributed by atoms with van der Waals surface area (Å²) in [6.45, 7) is 7.83. The summed E-state index contributed by atoms with van der Waals surface area (Å²) in [5.74, 6) is 0.522. The van der Waals surface area contributed by atoms with Gasteiger partial charge in [-0.25, -0.2) is 9.97 Å². The van der Waals surface area contributed by atoms with E-state index in [-0.39, 0.29) is 5.78 Å². The lowest BCUT2D eigenvalue weighted by molar-refractivity contribution is 0.101. The van der Waals surface area contributed by atoms with E-state index in [9.17, 15) is 4.79 Å². The van der Waals surface area contributed by atoms with Crippen LogP contribution < -0.4 is 10.2 Å². The van der Waals surface area contributed by atoms with E-state index in [1.54, 1.807) is 13.1 Å². The number of ketones is 1. The summed E-state index contributed by atoms with van der Waals surface area (Å²) in [5.41, 5.74) is 3.55. The number of Topliss-reactive ketones (excluding diaryl/α,β-unsaturated/α-hetero) is 1. The second kappa shape index (κ2) is 7.61. The van der Waals surface area contributed by atoms with E-state index in [2.05, 4.69) is 44.3 Å². The Balaban J connectivity index is 1.70. The summed E-state index contributed by atoms with van der Waals surface area (Å²) in [4.78, 5) is 25.1. The second-order valence-electron chi connectivity index (χ2n) is 6.43. The number of nitrogens with one attached hydrogen (secondary N) is 1. The average Bonchev–Trinajstić information content (AvgIpc) is 2.63. The molecule has 1 aromatic carbocycles. The van der Waals surface area contributed by atoms with Crippen LogP contribution in [0.15, 0.2) is 30.5 Å². The Morgan fingerprint density at radius 3 is 2.44 bits per heavy atom. The predicted molar refractivity (Wildman–Crippen MR) is 101 cm³/mol. The van der Waals surface area contributed by atoms with Gasteiger partial charge in [0, 0.05) is 43.8 Å². The standard InChI is InChI=1S/C19H25N5O/c1-4-18-17(14(2)25)13-20-19(22-18)21-15-5-7-16(8-6-15)24-11-9-23(3)10-12-24/h5-8,13H,4,9-12H2,1-3H3,(H,20,21,22). The molecule has 0 amide bonds. The highest BCUT2D eigenvalue weighted by atomic mass is 16.1. The molecule has 1 fully saturated rings. The Morgan fingerprint density at radius 1 is 1.16 bits per heavy atom. The van der Waals surface area contributed by atoms with Crippen molar-refractivity contribution in [3.8, 4) is 0 Å². The minimum absolute atomic E-state index is 0.0000654. The molecule has 132 valence electrons. The lowest BCUT2D eigenvalue weighted by Crippen LogP contribution is -2.44. The van der Waals surface area contributed by atoms with Gasteiger partial charge in [-0.05, 0) is 44.7 Å². The summed E-state index contributed by atoms with van der Waals surface area (Å²) < 4.78 is 0. The molecule has 2 heterocycles. The molecule has 1 aliphatic heterocycles. The molecule has 25 heavy (non-hydrogen) atoms. The van der Waals surface area contributed by atoms with Crippen molar-refractivity contribution in [2.45, 2.75) is 20.3 Å². The van der Waals surface area contributed by atoms with Gasteiger partial charge in [0.05, 0.1) is 11.3 Å². The van der Waals surface area contributed by atoms with E-state index in [4.69, 9.17) is 0 Å². The van der Waals surface area contributed by atoms with Crippen LogP contribution >= 0.6 is 0 Å². The molecule has 1 N–H and O–H groups in total. The van der Waals surface area contributed by atoms with Gasteiger partial charge in [-0.1, -0.05) is 6.92 Å². The van der Waals surface area contributed by atoms with Gasteiger partial charge < -0.3 is 15.1 Å². The van der Waals surface area contributed by atoms with Gasteiger partial charge in [0.25, 0.3) is 0 Å². The van der Waals surface area contributed by atoms with E-state index in [0.717, 1.165) is 37.6 Å². The van der Waals surface area contributed by atoms with E-state index in [1.807, 2.05) is 19.1 Å². The molecule has 6 nitrogen and oxygen atoms in total. The highest BCUT2D eigenvalue weighted by Crippen LogP contribution is 2.21. The van der Waals surface area contributed by atoms with Gasteiger partial charge >= 0.3 is 0 Å². The molecular weight excluding hydrogens is 314 g/mol. The topological polar surface area (TPSA) is 61.4 Å². The third-order valence-corrected chi connectivity index (χ3v) is 4.57. The smallest absolute Gasteiger partial charge is 0.227 e. The maximum Gasteiger partial charge on any atom is 0.227 e. The zero-order valence-corrected chi connectivity index (χ0v) is 15.1. The first-order valence-corrected chi connectivity index (χ1v) is 8.74. The molecule has 0 atom stereocenters. The molecule has 0 unspecified atom stereocenters. The fourth-order valence-electron chi connectivity index (χ4n) is 2.99. The van der Waals surface area contributed by atoms with Crippen LogP contribution in [-0.4, -0.2) is 53.9 Å². The van der Waals surface area contributed by atoms with Crippen LogP contribution in [0, 0.1) is 0 Å². The monoisotopic (exact) mass is 339 g/mol. The number of carbonyl (C=O) groups is 1. The normalized spacial score (nSPS) is 15.2. The zero-order valence-electron chi connectivity index (χ0n) is 15.1. The van der Waals surface area contributed by atoms with Gasteiger partial charge in [0.2, 0.25) is 5.95 Å². The fraction of sp³-hybridized carbons (Fsp3) is 0.421. The second-order valence-corrected chi connectivity index (χ2v) is 6.43. The molecule has 0 spiro atoms. The Bertz CT molecular complexity index is 736. The number of hydrogen-bond acceptors (Lipinski definition) is 6. The summed E-state index contributed by atoms with van der Waals surface area (Å²) >= 11 is 0. The lowest BCUT2D eigenvalue weighted by atomic mass is 10.1. The van der Waals surface area contributed by atoms with Crippen molar-refractivity contribution in [3.05, 3.63) is 41.7 Å². The van der Waals surface area contributed by atoms with E-state index in [1.165, 1.54) is 5.69 Å². The van der Waals surface area contributed by atoms with Crippen molar-refractivity contribution in [1.82, 2.24) is 14.9 Å². The number of rotatable bonds is 5. The molecule has 0 aliphatic carbocycles. The van der Waals surface area contributed by atoms with Crippen LogP contribution in [0.4, 0.5) is 17.3 Å². The van der Waals surface area contributed by atoms with Crippen molar-refractivity contribution in [2.24, 2.45) is 0 Å². The summed E-state index contributed by atoms with van der Waals surface area (Å²) in [5, 5.41) is 3.22. The minimum atomic E-state index is -0.0000654. The molecule has 0 bridgehead atoms. The molecule has 0 radical (unpaired) electrons. The molecule has 6 heteroatoms. The van der Waals surface area contributed by atoms with Crippen LogP contribution in [0.3, 0.4) is 0 Å². The van der Waals surface area contributed by atoms with Crippen LogP contribution in [0.1, 0.15) is 29.9 Å². The van der Waals surface area contributed by atoms with Crippen molar-refractivity contribution < 1.29 is 4.79 Å². The summed E-state index contributed by atoms with van der Waals surface area (Å²) in [6.07, 6.45) is 2.31. The van der Waals surface area contributed by atoms with Gasteiger partial charge in [-0.2, -0.15) is 0 Å². The molecular formula is C19H25N5O. The lowest BCUT2D eigenvalue weighted by Gasteiger charge is -2.34. The maximum atomic E-state index is 11.6. The minimum Gasteiger partial charge on any atom is -0.369 e. The third-order valence-electron chi connectivity index (χ3n) is 4.57. The Labute approximate surface area is 148 Å². The van der Waals surface area contributed by atoms with Crippen LogP contribution in [0.5, 0.6) is 0 Å². The SMILES string of the molecule is CCc1nc(Nc2ccc(N3CCN(C)CC3)cc2)ncc1C(C)=O. The predicted octanol–water partition coefficient (Wildman–Crippen LogP) is 2.74. The van der Waals surface area contributed by atoms with Gasteiger partial charge in [0.15, 0.2) is 5.78 Å². The third kappa shape index (κ3) is 4.14. The van der Waals surface area contributed by atoms with Gasteiger partial charge in [-0.3, -0.25) is 4.79 Å². The molecule has 3 rings (SSSR count). The van der Waals surface area contributed by atoms with Crippen molar-refractivity contribution in [1.29, 1.82) is 0 Å². The quantitative estimate of drug-likeness (QED) is 0.845. The summed E-state index contributed by atoms with van der Waals surface area (Å²) in [6, 6.07) is 8.33. The fourth-order valence-corrected chi connectivity index (χ4v) is 2.99. The first-order chi connectivity index (χ1) is 12.1. The molecule has 0 saturated carbocycles. The van der Waals surface area contributed by atoms with E-state index in [0.29, 0.717) is 17.9 Å². The van der Waals surface area contributed by atoms with Crippen LogP contribution in [0.25, 0.3) is 0 Å². The number of aryl methyl sites for hydroxylation is 1. The van der Waals surface area contributed by atoms with Gasteiger partial charge in [0.1, 0.15) is 0 Å². The van der Waals surface area contributed by atoms with Crippen LogP contribution in [-0.2, 0) is 6.42 Å². The number of anilines is 3. The molecule has 1 aliphatic rings. The maximum absolute atomic E-state index is 11.6. The molecule has 2 aromatic rings. The largest absolute Gasteiger partial charge is 0.369 e. The van der Waals surface area contributed by atoms with Gasteiger partial charge in [-0.15, -0.1) is 0 Å². The van der Waals surface area contributed by atoms with E-state index < -0.39 is 0 Å². The highest BCUT2D eigenvalue weighted by molar-refractivity contribution is 5.94. The van der Waals surface area contributed by atoms with Crippen LogP contribution in [0.2, 0.25) is 0 Å². The van der Waals surface area contributed by atoms with Crippen molar-refractivity contribution in [2.75, 3.05) is 43.4 Å². The highest BCUT2D eigenvalue weighted by Gasteiger charge is 2.14. The number of benzene rings is 1. The number of piperazine rings is 1. The van der Waals surface area contributed by atoms with Crippen molar-refractivity contribution >= 4 is 23.1 Å². The number of likely N-dealkylation sites (N-methyl/N-ethyl adjacent to an activating group) is 1. The first-order valence-electron chi connectivity index (χ1n) is 8.74. The average molecular weight is 339 g/mol. The summed E-state index contributed by atoms with van der Waals surface area (Å²) in [7, 11) is 2.16. The Morgan fingerprint density at radius 2 is 1.84 bits per heavy atom. The number of nitrogens with zero attached hydrogens (tertiary/aromatic N) is 4. The number of aromatic nitrogens is 2. The number of hydrogen-bond donors (Lipinski definition) is 1. The number of carbonyl (C=O) groups excluding carboxylic acids is 1. The molecule has 1 saturated heterocycles. The Kier molecular flexibility index (Phi) is 5.28. The Hall–Kier alpha value is -2.47. The zero-order chi connectivity index (χ0) is 17.8. The van der Waals surface area contributed by atoms with Crippen molar-refractivity contribution in [3.63, 3.8) is 0 Å². The first kappa shape index (κ1) is 17.4. The molecule has 1 aromatic heterocycles.